The van der Waals surface area contributed by atoms with Crippen LogP contribution in [0.2, 0.25) is 0 Å². The van der Waals surface area contributed by atoms with E-state index < -0.39 is 0 Å². The molecule has 0 unspecified atom stereocenters. The van der Waals surface area contributed by atoms with E-state index in [4.69, 9.17) is 0 Å². The van der Waals surface area contributed by atoms with Gasteiger partial charge in [-0.2, -0.15) is 0 Å². The van der Waals surface area contributed by atoms with Crippen molar-refractivity contribution in [3.63, 3.8) is 0 Å². The van der Waals surface area contributed by atoms with Crippen LogP contribution in [0.4, 0.5) is 5.69 Å². The number of hydrogen-bond acceptors (Lipinski definition) is 0. The Bertz CT molecular complexity index is 606. The second kappa shape index (κ2) is 8.55. The number of amidine groups is 1. The van der Waals surface area contributed by atoms with Crippen LogP contribution in [0.5, 0.6) is 0 Å². The van der Waals surface area contributed by atoms with Crippen LogP contribution in [0.25, 0.3) is 6.08 Å². The number of thiol groups is 1. The molecule has 0 aromatic heterocycles. The Morgan fingerprint density at radius 3 is 2.33 bits per heavy atom. The number of rotatable bonds is 4. The maximum atomic E-state index is 4.52. The maximum Gasteiger partial charge on any atom is 0.308 e. The summed E-state index contributed by atoms with van der Waals surface area (Å²) in [5.74, 6) is 0. The summed E-state index contributed by atoms with van der Waals surface area (Å²) in [6.45, 7) is 4.56. The molecule has 0 heterocycles. The van der Waals surface area contributed by atoms with Crippen LogP contribution in [0.1, 0.15) is 11.1 Å². The quantitative estimate of drug-likeness (QED) is 0.370. The minimum absolute atomic E-state index is 0. The molecule has 0 aliphatic carbocycles. The van der Waals surface area contributed by atoms with Crippen molar-refractivity contribution < 1.29 is 17.0 Å². The lowest BCUT2D eigenvalue weighted by Gasteiger charge is -2.06. The fraction of sp³-hybridized carbons (Fsp3) is 0.118. The number of hydrogen-bond donors (Lipinski definition) is 2. The van der Waals surface area contributed by atoms with E-state index in [2.05, 4.69) is 53.4 Å². The molecule has 0 bridgehead atoms. The summed E-state index contributed by atoms with van der Waals surface area (Å²) in [5.41, 5.74) is 3.40. The van der Waals surface area contributed by atoms with Gasteiger partial charge in [0.15, 0.2) is 0 Å². The SMILES string of the molecule is C=Cc1ccc(C[N+](C)=C(S)Nc2ccccc2)cc1.[Cl-]. The number of nitrogens with one attached hydrogen (secondary N) is 1. The summed E-state index contributed by atoms with van der Waals surface area (Å²) < 4.78 is 2.07. The van der Waals surface area contributed by atoms with Crippen LogP contribution in [0, 0.1) is 0 Å². The molecule has 0 radical (unpaired) electrons. The van der Waals surface area contributed by atoms with Crippen molar-refractivity contribution in [1.29, 1.82) is 0 Å². The van der Waals surface area contributed by atoms with Gasteiger partial charge >= 0.3 is 5.17 Å². The average molecular weight is 319 g/mol. The first-order chi connectivity index (χ1) is 9.69. The molecule has 2 rings (SSSR count). The second-order valence-electron chi connectivity index (χ2n) is 4.62. The first kappa shape index (κ1) is 17.3. The van der Waals surface area contributed by atoms with Crippen LogP contribution in [-0.4, -0.2) is 16.8 Å². The van der Waals surface area contributed by atoms with E-state index in [-0.39, 0.29) is 12.4 Å². The molecule has 0 atom stereocenters. The lowest BCUT2D eigenvalue weighted by molar-refractivity contribution is -0.511. The fourth-order valence-corrected chi connectivity index (χ4v) is 2.05. The number of para-hydroxylation sites is 1. The lowest BCUT2D eigenvalue weighted by Crippen LogP contribution is -3.00. The molecule has 1 N–H and O–H groups in total. The van der Waals surface area contributed by atoms with Crippen molar-refractivity contribution in [1.82, 2.24) is 0 Å². The molecule has 2 aromatic rings. The van der Waals surface area contributed by atoms with Crippen LogP contribution < -0.4 is 17.7 Å². The normalized spacial score (nSPS) is 11.1. The molecule has 0 saturated heterocycles. The predicted octanol–water partition coefficient (Wildman–Crippen LogP) is 0.874. The first-order valence-electron chi connectivity index (χ1n) is 6.49. The summed E-state index contributed by atoms with van der Waals surface area (Å²) in [7, 11) is 2.01. The Labute approximate surface area is 138 Å². The lowest BCUT2D eigenvalue weighted by atomic mass is 10.1. The smallest absolute Gasteiger partial charge is 0.308 e. The molecule has 110 valence electrons. The van der Waals surface area contributed by atoms with Crippen molar-refractivity contribution in [2.75, 3.05) is 12.4 Å². The van der Waals surface area contributed by atoms with Gasteiger partial charge in [-0.25, -0.2) is 5.32 Å². The van der Waals surface area contributed by atoms with Gasteiger partial charge in [-0.3, -0.25) is 4.58 Å². The molecule has 2 nitrogen and oxygen atoms in total. The van der Waals surface area contributed by atoms with Crippen LogP contribution in [0.15, 0.2) is 61.2 Å². The fourth-order valence-electron chi connectivity index (χ4n) is 1.85. The van der Waals surface area contributed by atoms with Crippen LogP contribution >= 0.6 is 12.6 Å². The number of nitrogens with zero attached hydrogens (tertiary/aromatic N) is 1. The Kier molecular flexibility index (Phi) is 7.06. The molecule has 4 heteroatoms. The minimum atomic E-state index is 0. The van der Waals surface area contributed by atoms with E-state index in [1.54, 1.807) is 0 Å². The summed E-state index contributed by atoms with van der Waals surface area (Å²) in [4.78, 5) is 0. The third-order valence-corrected chi connectivity index (χ3v) is 3.48. The third-order valence-electron chi connectivity index (χ3n) is 3.03. The zero-order valence-electron chi connectivity index (χ0n) is 12.0. The van der Waals surface area contributed by atoms with Gasteiger partial charge in [-0.15, -0.1) is 0 Å². The molecule has 0 fully saturated rings. The largest absolute Gasteiger partial charge is 1.00 e. The minimum Gasteiger partial charge on any atom is -1.00 e. The summed E-state index contributed by atoms with van der Waals surface area (Å²) in [5, 5.41) is 4.10. The average Bonchev–Trinajstić information content (AvgIpc) is 2.49. The zero-order chi connectivity index (χ0) is 14.4. The van der Waals surface area contributed by atoms with E-state index in [1.807, 2.05) is 43.5 Å². The van der Waals surface area contributed by atoms with Crippen molar-refractivity contribution in [3.8, 4) is 0 Å². The van der Waals surface area contributed by atoms with Crippen molar-refractivity contribution in [3.05, 3.63) is 72.3 Å². The highest BCUT2D eigenvalue weighted by atomic mass is 35.5. The molecule has 0 spiro atoms. The standard InChI is InChI=1S/C17H18N2S.ClH/c1-3-14-9-11-15(12-10-14)13-19(2)17(20)18-16-7-5-4-6-8-16;/h3-12H,1,13H2,2H3,(H,18,20);1H. The Balaban J connectivity index is 0.00000220. The summed E-state index contributed by atoms with van der Waals surface area (Å²) in [6.07, 6.45) is 1.85. The van der Waals surface area contributed by atoms with Gasteiger partial charge in [0, 0.05) is 0 Å². The van der Waals surface area contributed by atoms with Gasteiger partial charge in [-0.05, 0) is 23.3 Å². The first-order valence-corrected chi connectivity index (χ1v) is 6.94. The van der Waals surface area contributed by atoms with E-state index in [0.717, 1.165) is 23.0 Å². The zero-order valence-corrected chi connectivity index (χ0v) is 13.6. The van der Waals surface area contributed by atoms with E-state index >= 15 is 0 Å². The van der Waals surface area contributed by atoms with Gasteiger partial charge in [-0.1, -0.05) is 67.7 Å². The molecule has 0 aliphatic heterocycles. The highest BCUT2D eigenvalue weighted by Crippen LogP contribution is 2.09. The van der Waals surface area contributed by atoms with E-state index in [9.17, 15) is 0 Å². The number of anilines is 1. The van der Waals surface area contributed by atoms with E-state index in [1.165, 1.54) is 5.56 Å². The number of halogens is 1. The Hall–Kier alpha value is -1.71. The monoisotopic (exact) mass is 318 g/mol. The van der Waals surface area contributed by atoms with E-state index in [0.29, 0.717) is 0 Å². The van der Waals surface area contributed by atoms with Crippen LogP contribution in [-0.2, 0) is 6.54 Å². The van der Waals surface area contributed by atoms with Gasteiger partial charge in [0.1, 0.15) is 12.2 Å². The molecular formula is C17H19ClN2S. The molecule has 0 saturated carbocycles. The van der Waals surface area contributed by atoms with Gasteiger partial charge in [0.05, 0.1) is 7.05 Å². The number of benzene rings is 2. The third kappa shape index (κ3) is 5.29. The van der Waals surface area contributed by atoms with Crippen molar-refractivity contribution in [2.24, 2.45) is 0 Å². The molecular weight excluding hydrogens is 300 g/mol. The Morgan fingerprint density at radius 2 is 1.76 bits per heavy atom. The van der Waals surface area contributed by atoms with Crippen LogP contribution in [0.3, 0.4) is 0 Å². The summed E-state index contributed by atoms with van der Waals surface area (Å²) in [6, 6.07) is 18.4. The molecule has 0 aliphatic rings. The molecule has 0 amide bonds. The van der Waals surface area contributed by atoms with Gasteiger partial charge in [0.2, 0.25) is 0 Å². The van der Waals surface area contributed by atoms with Gasteiger partial charge < -0.3 is 12.4 Å². The predicted molar refractivity (Wildman–Crippen MR) is 90.5 cm³/mol. The highest BCUT2D eigenvalue weighted by molar-refractivity contribution is 7.97. The van der Waals surface area contributed by atoms with Crippen molar-refractivity contribution >= 4 is 29.6 Å². The Morgan fingerprint density at radius 1 is 1.14 bits per heavy atom. The van der Waals surface area contributed by atoms with Gasteiger partial charge in [0.25, 0.3) is 0 Å². The second-order valence-corrected chi connectivity index (χ2v) is 5.04. The summed E-state index contributed by atoms with van der Waals surface area (Å²) >= 11 is 4.52. The maximum absolute atomic E-state index is 4.52. The topological polar surface area (TPSA) is 15.0 Å². The molecule has 21 heavy (non-hydrogen) atoms. The van der Waals surface area contributed by atoms with Crippen molar-refractivity contribution in [2.45, 2.75) is 6.54 Å². The molecule has 2 aromatic carbocycles. The highest BCUT2D eigenvalue weighted by Gasteiger charge is 2.06.